The predicted molar refractivity (Wildman–Crippen MR) is 394 cm³/mol. The summed E-state index contributed by atoms with van der Waals surface area (Å²) < 4.78 is 0. The first-order valence-electron chi connectivity index (χ1n) is 33.5. The molecule has 14 rings (SSSR count). The number of para-hydroxylation sites is 2. The molecule has 0 radical (unpaired) electrons. The van der Waals surface area contributed by atoms with Gasteiger partial charge in [0, 0.05) is 45.0 Å². The first kappa shape index (κ1) is 59.7. The van der Waals surface area contributed by atoms with Gasteiger partial charge in [-0.15, -0.1) is 0 Å². The lowest BCUT2D eigenvalue weighted by atomic mass is 9.33. The molecule has 3 aliphatic rings. The molecular weight excluding hydrogens is 1100 g/mol. The second-order valence-corrected chi connectivity index (χ2v) is 30.4. The van der Waals surface area contributed by atoms with E-state index in [4.69, 9.17) is 0 Å². The van der Waals surface area contributed by atoms with Crippen molar-refractivity contribution in [1.29, 1.82) is 0 Å². The SMILES string of the molecule is CC(C)(C)c1ccc(-c2cccc(-c3ccc(C(C)(C)C)cc3)c2N2c3ccc(-c4ccccc4)cc3B3c4cc(-c5ccccc5)ccc4N(c4c(-c5ccc(C(C)(C)C)cc5)cccc4-c4ccc(C(C)(C)C)cc4)c4cc(C5CCCCC5)cc2c43)cc1. The number of nitrogens with zero attached hydrogens (tertiary/aromatic N) is 2. The van der Waals surface area contributed by atoms with Gasteiger partial charge in [0.2, 0.25) is 0 Å². The summed E-state index contributed by atoms with van der Waals surface area (Å²) in [5.41, 5.74) is 32.4. The van der Waals surface area contributed by atoms with Gasteiger partial charge >= 0.3 is 0 Å². The highest BCUT2D eigenvalue weighted by Gasteiger charge is 2.46. The summed E-state index contributed by atoms with van der Waals surface area (Å²) in [5.74, 6) is 0.398. The topological polar surface area (TPSA) is 6.48 Å². The average molecular weight is 1180 g/mol. The fraction of sp³-hybridized carbons (Fsp3) is 0.250. The lowest BCUT2D eigenvalue weighted by Crippen LogP contribution is -2.61. The molecule has 11 aromatic carbocycles. The van der Waals surface area contributed by atoms with Crippen molar-refractivity contribution in [2.75, 3.05) is 9.80 Å². The molecule has 1 aliphatic carbocycles. The number of benzene rings is 11. The maximum absolute atomic E-state index is 2.75. The third kappa shape index (κ3) is 11.2. The Balaban J connectivity index is 1.14. The van der Waals surface area contributed by atoms with Crippen LogP contribution in [0.4, 0.5) is 34.1 Å². The van der Waals surface area contributed by atoms with Gasteiger partial charge in [-0.05, 0) is 153 Å². The molecule has 91 heavy (non-hydrogen) atoms. The molecule has 452 valence electrons. The van der Waals surface area contributed by atoms with Gasteiger partial charge in [-0.25, -0.2) is 0 Å². The lowest BCUT2D eigenvalue weighted by Gasteiger charge is -2.46. The van der Waals surface area contributed by atoms with Crippen LogP contribution in [0.3, 0.4) is 0 Å². The van der Waals surface area contributed by atoms with Gasteiger partial charge in [0.05, 0.1) is 11.4 Å². The Labute approximate surface area is 543 Å². The van der Waals surface area contributed by atoms with E-state index in [1.54, 1.807) is 0 Å². The van der Waals surface area contributed by atoms with Crippen LogP contribution in [0.5, 0.6) is 0 Å². The van der Waals surface area contributed by atoms with Gasteiger partial charge < -0.3 is 9.80 Å². The number of hydrogen-bond acceptors (Lipinski definition) is 2. The zero-order chi connectivity index (χ0) is 63.1. The largest absolute Gasteiger partial charge is 0.310 e. The maximum atomic E-state index is 2.75. The van der Waals surface area contributed by atoms with Crippen LogP contribution < -0.4 is 26.2 Å². The van der Waals surface area contributed by atoms with E-state index in [1.165, 1.54) is 177 Å². The van der Waals surface area contributed by atoms with Crippen molar-refractivity contribution in [2.45, 2.75) is 143 Å². The third-order valence-electron chi connectivity index (χ3n) is 20.1. The molecule has 2 heterocycles. The highest BCUT2D eigenvalue weighted by atomic mass is 15.2. The zero-order valence-electron chi connectivity index (χ0n) is 55.7. The molecule has 0 bridgehead atoms. The average Bonchev–Trinajstić information content (AvgIpc) is 0.700. The summed E-state index contributed by atoms with van der Waals surface area (Å²) in [6.45, 7) is 27.7. The van der Waals surface area contributed by atoms with Crippen molar-refractivity contribution in [3.05, 3.63) is 270 Å². The van der Waals surface area contributed by atoms with Gasteiger partial charge in [0.25, 0.3) is 6.71 Å². The van der Waals surface area contributed by atoms with E-state index < -0.39 is 0 Å². The second kappa shape index (κ2) is 23.1. The highest BCUT2D eigenvalue weighted by Crippen LogP contribution is 2.55. The minimum Gasteiger partial charge on any atom is -0.310 e. The fourth-order valence-electron chi connectivity index (χ4n) is 14.9. The third-order valence-corrected chi connectivity index (χ3v) is 20.1. The Kier molecular flexibility index (Phi) is 15.1. The lowest BCUT2D eigenvalue weighted by molar-refractivity contribution is 0.444. The molecular formula is C88H87BN2. The molecule has 2 nitrogen and oxygen atoms in total. The van der Waals surface area contributed by atoms with Crippen LogP contribution in [0.2, 0.25) is 0 Å². The van der Waals surface area contributed by atoms with E-state index in [9.17, 15) is 0 Å². The minimum atomic E-state index is -0.143. The standard InChI is InChI=1S/C88H87BN2/c1-85(2,3)68-44-34-61(35-45-68)72-30-22-31-73(62-36-46-69(47-37-62)86(4,5)6)83(72)90-78-52-42-65(58-24-16-13-17-25-58)54-76(78)89-77-55-66(59-26-18-14-19-27-59)43-53-79(77)91(81-57-67(56-80(90)82(81)89)60-28-20-15-21-29-60)84-74(63-38-48-70(49-39-63)87(7,8)9)32-23-33-75(84)64-40-50-71(51-41-64)88(10,11)12/h13-14,16-19,22-27,30-57,60H,15,20-21,28-29H2,1-12H3. The van der Waals surface area contributed by atoms with Crippen molar-refractivity contribution in [3.8, 4) is 66.8 Å². The summed E-state index contributed by atoms with van der Waals surface area (Å²) in [7, 11) is 0. The van der Waals surface area contributed by atoms with Crippen molar-refractivity contribution < 1.29 is 0 Å². The van der Waals surface area contributed by atoms with E-state index >= 15 is 0 Å². The Bertz CT molecular complexity index is 4050. The minimum absolute atomic E-state index is 0.000689. The molecule has 0 aromatic heterocycles. The van der Waals surface area contributed by atoms with Crippen LogP contribution >= 0.6 is 0 Å². The van der Waals surface area contributed by atoms with Gasteiger partial charge in [-0.2, -0.15) is 0 Å². The summed E-state index contributed by atoms with van der Waals surface area (Å²) >= 11 is 0. The Morgan fingerprint density at radius 1 is 0.286 bits per heavy atom. The molecule has 0 amide bonds. The van der Waals surface area contributed by atoms with Gasteiger partial charge in [-0.3, -0.25) is 0 Å². The van der Waals surface area contributed by atoms with E-state index in [1.807, 2.05) is 0 Å². The summed E-state index contributed by atoms with van der Waals surface area (Å²) in [4.78, 5) is 5.50. The van der Waals surface area contributed by atoms with Crippen LogP contribution in [-0.4, -0.2) is 6.71 Å². The second-order valence-electron chi connectivity index (χ2n) is 30.4. The van der Waals surface area contributed by atoms with Crippen molar-refractivity contribution in [2.24, 2.45) is 0 Å². The summed E-state index contributed by atoms with van der Waals surface area (Å²) in [6.07, 6.45) is 6.07. The molecule has 2 aliphatic heterocycles. The van der Waals surface area contributed by atoms with Crippen molar-refractivity contribution in [1.82, 2.24) is 0 Å². The molecule has 0 N–H and O–H groups in total. The zero-order valence-corrected chi connectivity index (χ0v) is 55.7. The van der Waals surface area contributed by atoms with E-state index in [0.717, 1.165) is 0 Å². The van der Waals surface area contributed by atoms with Gasteiger partial charge in [0.15, 0.2) is 0 Å². The number of hydrogen-bond donors (Lipinski definition) is 0. The maximum Gasteiger partial charge on any atom is 0.252 e. The molecule has 0 unspecified atom stereocenters. The monoisotopic (exact) mass is 1180 g/mol. The Morgan fingerprint density at radius 3 is 0.901 bits per heavy atom. The Morgan fingerprint density at radius 2 is 0.593 bits per heavy atom. The molecule has 0 saturated heterocycles. The fourth-order valence-corrected chi connectivity index (χ4v) is 14.9. The van der Waals surface area contributed by atoms with Gasteiger partial charge in [0.1, 0.15) is 0 Å². The number of fused-ring (bicyclic) bond motifs is 4. The first-order chi connectivity index (χ1) is 43.7. The van der Waals surface area contributed by atoms with Crippen LogP contribution in [0.15, 0.2) is 243 Å². The highest BCUT2D eigenvalue weighted by molar-refractivity contribution is 7.00. The van der Waals surface area contributed by atoms with Crippen LogP contribution in [-0.2, 0) is 21.7 Å². The molecule has 1 saturated carbocycles. The van der Waals surface area contributed by atoms with Crippen molar-refractivity contribution >= 4 is 57.2 Å². The first-order valence-corrected chi connectivity index (χ1v) is 33.5. The molecule has 0 atom stereocenters. The van der Waals surface area contributed by atoms with E-state index in [-0.39, 0.29) is 28.4 Å². The van der Waals surface area contributed by atoms with Crippen molar-refractivity contribution in [3.63, 3.8) is 0 Å². The quantitative estimate of drug-likeness (QED) is 0.133. The molecule has 11 aromatic rings. The summed E-state index contributed by atoms with van der Waals surface area (Å²) in [5, 5.41) is 0. The number of anilines is 6. The smallest absolute Gasteiger partial charge is 0.252 e. The van der Waals surface area contributed by atoms with Crippen LogP contribution in [0.1, 0.15) is 149 Å². The summed E-state index contributed by atoms with van der Waals surface area (Å²) in [6, 6.07) is 94.5. The van der Waals surface area contributed by atoms with E-state index in [0.29, 0.717) is 5.92 Å². The van der Waals surface area contributed by atoms with Gasteiger partial charge in [-0.1, -0.05) is 321 Å². The number of rotatable bonds is 9. The predicted octanol–water partition coefficient (Wildman–Crippen LogP) is 23.0. The Hall–Kier alpha value is -8.92. The molecule has 1 fully saturated rings. The van der Waals surface area contributed by atoms with Crippen LogP contribution in [0.25, 0.3) is 66.8 Å². The molecule has 0 spiro atoms. The van der Waals surface area contributed by atoms with E-state index in [2.05, 4.69) is 336 Å². The van der Waals surface area contributed by atoms with Crippen LogP contribution in [0, 0.1) is 0 Å². The molecule has 3 heteroatoms. The normalized spacial score (nSPS) is 14.3.